The number of hydrogen-bond acceptors (Lipinski definition) is 2. The van der Waals surface area contributed by atoms with Crippen LogP contribution in [0, 0.1) is 23.2 Å². The van der Waals surface area contributed by atoms with E-state index in [2.05, 4.69) is 13.8 Å². The van der Waals surface area contributed by atoms with Gasteiger partial charge in [-0.1, -0.05) is 25.8 Å². The summed E-state index contributed by atoms with van der Waals surface area (Å²) >= 11 is 0. The van der Waals surface area contributed by atoms with Crippen molar-refractivity contribution >= 4 is 5.78 Å². The highest BCUT2D eigenvalue weighted by Crippen LogP contribution is 2.62. The molecule has 0 spiro atoms. The van der Waals surface area contributed by atoms with Crippen LogP contribution >= 0.6 is 0 Å². The van der Waals surface area contributed by atoms with Crippen molar-refractivity contribution in [3.63, 3.8) is 0 Å². The van der Waals surface area contributed by atoms with Crippen molar-refractivity contribution in [2.45, 2.75) is 71.3 Å². The quantitative estimate of drug-likeness (QED) is 0.788. The van der Waals surface area contributed by atoms with Crippen molar-refractivity contribution in [2.24, 2.45) is 23.2 Å². The monoisotopic (exact) mass is 300 g/mol. The highest BCUT2D eigenvalue weighted by Gasteiger charge is 2.52. The van der Waals surface area contributed by atoms with Crippen LogP contribution in [-0.4, -0.2) is 17.0 Å². The van der Waals surface area contributed by atoms with Crippen LogP contribution < -0.4 is 0 Å². The summed E-state index contributed by atoms with van der Waals surface area (Å²) in [7, 11) is 0. The Balaban J connectivity index is 1.72. The van der Waals surface area contributed by atoms with Crippen LogP contribution in [0.5, 0.6) is 0 Å². The van der Waals surface area contributed by atoms with Gasteiger partial charge in [0, 0.05) is 6.42 Å². The van der Waals surface area contributed by atoms with E-state index in [0.29, 0.717) is 11.8 Å². The number of hydrogen-bond donors (Lipinski definition) is 1. The van der Waals surface area contributed by atoms with Crippen LogP contribution in [0.1, 0.15) is 65.2 Å². The van der Waals surface area contributed by atoms with Gasteiger partial charge in [-0.15, -0.1) is 0 Å². The van der Waals surface area contributed by atoms with E-state index in [-0.39, 0.29) is 5.78 Å². The number of aliphatic hydroxyl groups is 1. The van der Waals surface area contributed by atoms with Gasteiger partial charge in [0.05, 0.1) is 0 Å². The molecule has 0 aliphatic heterocycles. The van der Waals surface area contributed by atoms with Crippen molar-refractivity contribution in [3.05, 3.63) is 22.8 Å². The molecule has 0 saturated heterocycles. The average molecular weight is 300 g/mol. The van der Waals surface area contributed by atoms with E-state index in [1.54, 1.807) is 11.6 Å². The highest BCUT2D eigenvalue weighted by atomic mass is 16.3. The fourth-order valence-electron chi connectivity index (χ4n) is 6.30. The summed E-state index contributed by atoms with van der Waals surface area (Å²) in [5, 5.41) is 10.00. The molecule has 4 aliphatic carbocycles. The first-order valence-corrected chi connectivity index (χ1v) is 9.19. The molecule has 2 heteroatoms. The average Bonchev–Trinajstić information content (AvgIpc) is 2.85. The fraction of sp³-hybridized carbons (Fsp3) is 0.750. The van der Waals surface area contributed by atoms with Gasteiger partial charge < -0.3 is 5.11 Å². The standard InChI is InChI=1S/C20H28O2/c1-3-13-5-7-17-15-6-4-12-10-18(21)19(22)11-16(12)14(15)8-9-20(13,17)2/h10,13,15,17,19,22H,3-9,11H2,1-2H3/t13-,15-,17+,19?,20-/m1/s1. The molecule has 2 fully saturated rings. The third-order valence-electron chi connectivity index (χ3n) is 7.51. The summed E-state index contributed by atoms with van der Waals surface area (Å²) in [6.45, 7) is 4.90. The molecule has 2 saturated carbocycles. The summed E-state index contributed by atoms with van der Waals surface area (Å²) in [4.78, 5) is 11.8. The van der Waals surface area contributed by atoms with E-state index in [1.807, 2.05) is 0 Å². The molecule has 0 amide bonds. The zero-order valence-electron chi connectivity index (χ0n) is 13.9. The third-order valence-corrected chi connectivity index (χ3v) is 7.51. The number of rotatable bonds is 1. The lowest BCUT2D eigenvalue weighted by atomic mass is 9.56. The van der Waals surface area contributed by atoms with Crippen LogP contribution in [0.3, 0.4) is 0 Å². The van der Waals surface area contributed by atoms with E-state index in [9.17, 15) is 9.90 Å². The predicted octanol–water partition coefficient (Wildman–Crippen LogP) is 4.19. The minimum Gasteiger partial charge on any atom is -0.385 e. The molecule has 0 heterocycles. The summed E-state index contributed by atoms with van der Waals surface area (Å²) in [6, 6.07) is 0. The SMILES string of the molecule is CC[C@@H]1CC[C@H]2[C@@H]3CCC4=CC(=O)C(O)CC4=C3CC[C@]12C. The van der Waals surface area contributed by atoms with Gasteiger partial charge in [0.15, 0.2) is 5.78 Å². The third kappa shape index (κ3) is 1.92. The molecule has 5 atom stereocenters. The Labute approximate surface area is 133 Å². The smallest absolute Gasteiger partial charge is 0.184 e. The van der Waals surface area contributed by atoms with E-state index >= 15 is 0 Å². The highest BCUT2D eigenvalue weighted by molar-refractivity contribution is 5.96. The first-order valence-electron chi connectivity index (χ1n) is 9.19. The molecule has 0 aromatic carbocycles. The van der Waals surface area contributed by atoms with Crippen molar-refractivity contribution in [3.8, 4) is 0 Å². The van der Waals surface area contributed by atoms with Crippen LogP contribution in [0.4, 0.5) is 0 Å². The van der Waals surface area contributed by atoms with Crippen molar-refractivity contribution in [2.75, 3.05) is 0 Å². The molecule has 0 aromatic rings. The minimum absolute atomic E-state index is 0.0784. The van der Waals surface area contributed by atoms with Gasteiger partial charge in [-0.05, 0) is 78.9 Å². The van der Waals surface area contributed by atoms with E-state index in [0.717, 1.165) is 24.2 Å². The Hall–Kier alpha value is -0.890. The molecular formula is C20H28O2. The lowest BCUT2D eigenvalue weighted by Gasteiger charge is -2.49. The van der Waals surface area contributed by atoms with E-state index < -0.39 is 6.10 Å². The summed E-state index contributed by atoms with van der Waals surface area (Å²) in [5.74, 6) is 2.39. The predicted molar refractivity (Wildman–Crippen MR) is 87.3 cm³/mol. The molecule has 1 N–H and O–H groups in total. The van der Waals surface area contributed by atoms with Gasteiger partial charge in [-0.25, -0.2) is 0 Å². The van der Waals surface area contributed by atoms with Crippen molar-refractivity contribution in [1.82, 2.24) is 0 Å². The Morgan fingerprint density at radius 3 is 2.86 bits per heavy atom. The van der Waals surface area contributed by atoms with Crippen LogP contribution in [0.25, 0.3) is 0 Å². The topological polar surface area (TPSA) is 37.3 Å². The summed E-state index contributed by atoms with van der Waals surface area (Å²) < 4.78 is 0. The molecule has 0 radical (unpaired) electrons. The number of ketones is 1. The molecular weight excluding hydrogens is 272 g/mol. The molecule has 0 bridgehead atoms. The second-order valence-corrected chi connectivity index (χ2v) is 8.24. The fourth-order valence-corrected chi connectivity index (χ4v) is 6.30. The number of aliphatic hydroxyl groups excluding tert-OH is 1. The largest absolute Gasteiger partial charge is 0.385 e. The molecule has 0 aromatic heterocycles. The molecule has 1 unspecified atom stereocenters. The minimum atomic E-state index is -0.787. The van der Waals surface area contributed by atoms with E-state index in [4.69, 9.17) is 0 Å². The van der Waals surface area contributed by atoms with Gasteiger partial charge >= 0.3 is 0 Å². The Morgan fingerprint density at radius 2 is 2.09 bits per heavy atom. The second-order valence-electron chi connectivity index (χ2n) is 8.24. The van der Waals surface area contributed by atoms with Crippen molar-refractivity contribution < 1.29 is 9.90 Å². The maximum atomic E-state index is 11.8. The lowest BCUT2D eigenvalue weighted by Crippen LogP contribution is -2.40. The van der Waals surface area contributed by atoms with Gasteiger partial charge in [-0.3, -0.25) is 4.79 Å². The lowest BCUT2D eigenvalue weighted by molar-refractivity contribution is -0.122. The number of allylic oxidation sites excluding steroid dienone is 2. The summed E-state index contributed by atoms with van der Waals surface area (Å²) in [6.07, 6.45) is 10.4. The number of carbonyl (C=O) groups is 1. The van der Waals surface area contributed by atoms with Gasteiger partial charge in [0.1, 0.15) is 6.10 Å². The number of carbonyl (C=O) groups excluding carboxylic acids is 1. The zero-order chi connectivity index (χ0) is 15.5. The molecule has 2 nitrogen and oxygen atoms in total. The van der Waals surface area contributed by atoms with Gasteiger partial charge in [0.2, 0.25) is 0 Å². The van der Waals surface area contributed by atoms with Crippen LogP contribution in [-0.2, 0) is 4.79 Å². The maximum absolute atomic E-state index is 11.8. The van der Waals surface area contributed by atoms with Gasteiger partial charge in [0.25, 0.3) is 0 Å². The number of fused-ring (bicyclic) bond motifs is 4. The van der Waals surface area contributed by atoms with Crippen LogP contribution in [0.2, 0.25) is 0 Å². The normalized spacial score (nSPS) is 44.3. The Morgan fingerprint density at radius 1 is 1.27 bits per heavy atom. The van der Waals surface area contributed by atoms with E-state index in [1.165, 1.54) is 49.7 Å². The van der Waals surface area contributed by atoms with Gasteiger partial charge in [-0.2, -0.15) is 0 Å². The molecule has 120 valence electrons. The Kier molecular flexibility index (Phi) is 3.38. The molecule has 4 aliphatic rings. The first kappa shape index (κ1) is 14.7. The second kappa shape index (κ2) is 5.06. The Bertz CT molecular complexity index is 570. The van der Waals surface area contributed by atoms with Crippen molar-refractivity contribution in [1.29, 1.82) is 0 Å². The summed E-state index contributed by atoms with van der Waals surface area (Å²) in [5.41, 5.74) is 4.76. The first-order chi connectivity index (χ1) is 10.5. The van der Waals surface area contributed by atoms with Crippen LogP contribution in [0.15, 0.2) is 22.8 Å². The maximum Gasteiger partial charge on any atom is 0.184 e. The molecule has 4 rings (SSSR count). The zero-order valence-corrected chi connectivity index (χ0v) is 13.9. The molecule has 22 heavy (non-hydrogen) atoms.